The monoisotopic (exact) mass is 418 g/mol. The molecule has 2 nitrogen and oxygen atoms in total. The number of halogens is 3. The fourth-order valence-corrected chi connectivity index (χ4v) is 3.01. The molecule has 17 heavy (non-hydrogen) atoms. The summed E-state index contributed by atoms with van der Waals surface area (Å²) in [5.41, 5.74) is 8.40. The van der Waals surface area contributed by atoms with Crippen LogP contribution in [0.3, 0.4) is 0 Å². The number of hydrogen-bond donors (Lipinski definition) is 2. The molecule has 0 atom stereocenters. The molecule has 0 radical (unpaired) electrons. The van der Waals surface area contributed by atoms with E-state index in [0.717, 1.165) is 30.5 Å². The average molecular weight is 421 g/mol. The van der Waals surface area contributed by atoms with Gasteiger partial charge < -0.3 is 11.1 Å². The van der Waals surface area contributed by atoms with Crippen molar-refractivity contribution in [2.24, 2.45) is 0 Å². The number of rotatable bonds is 2. The number of hydrogen-bond acceptors (Lipinski definition) is 2. The number of benzene rings is 2. The van der Waals surface area contributed by atoms with Crippen molar-refractivity contribution in [2.75, 3.05) is 11.1 Å². The first kappa shape index (κ1) is 12.9. The molecule has 0 saturated heterocycles. The van der Waals surface area contributed by atoms with Crippen LogP contribution in [0, 0.1) is 0 Å². The van der Waals surface area contributed by atoms with Crippen LogP contribution in [0.4, 0.5) is 17.1 Å². The molecule has 0 aromatic heterocycles. The van der Waals surface area contributed by atoms with Crippen molar-refractivity contribution in [1.82, 2.24) is 0 Å². The van der Waals surface area contributed by atoms with Gasteiger partial charge >= 0.3 is 0 Å². The van der Waals surface area contributed by atoms with Crippen LogP contribution < -0.4 is 11.1 Å². The minimum atomic E-state index is 0.734. The highest BCUT2D eigenvalue weighted by atomic mass is 79.9. The lowest BCUT2D eigenvalue weighted by Gasteiger charge is -2.11. The number of anilines is 3. The molecule has 2 rings (SSSR count). The first-order valence-electron chi connectivity index (χ1n) is 4.83. The molecule has 2 aromatic rings. The van der Waals surface area contributed by atoms with Crippen LogP contribution in [0.25, 0.3) is 0 Å². The van der Waals surface area contributed by atoms with Crippen LogP contribution in [0.5, 0.6) is 0 Å². The second-order valence-electron chi connectivity index (χ2n) is 3.49. The van der Waals surface area contributed by atoms with Crippen LogP contribution in [-0.4, -0.2) is 0 Å². The van der Waals surface area contributed by atoms with Gasteiger partial charge in [-0.15, -0.1) is 0 Å². The Morgan fingerprint density at radius 2 is 1.41 bits per heavy atom. The quantitative estimate of drug-likeness (QED) is 0.647. The third-order valence-corrected chi connectivity index (χ3v) is 4.00. The molecule has 0 saturated carbocycles. The van der Waals surface area contributed by atoms with Crippen molar-refractivity contribution in [3.8, 4) is 0 Å². The zero-order chi connectivity index (χ0) is 12.4. The maximum absolute atomic E-state index is 5.70. The van der Waals surface area contributed by atoms with E-state index >= 15 is 0 Å². The van der Waals surface area contributed by atoms with E-state index in [9.17, 15) is 0 Å². The van der Waals surface area contributed by atoms with Gasteiger partial charge in [0.25, 0.3) is 0 Å². The van der Waals surface area contributed by atoms with Crippen molar-refractivity contribution in [2.45, 2.75) is 0 Å². The lowest BCUT2D eigenvalue weighted by atomic mass is 10.2. The molecule has 0 spiro atoms. The summed E-state index contributed by atoms with van der Waals surface area (Å²) in [6.45, 7) is 0. The molecule has 0 aliphatic carbocycles. The molecule has 0 aliphatic rings. The summed E-state index contributed by atoms with van der Waals surface area (Å²) in [6.07, 6.45) is 0. The highest BCUT2D eigenvalue weighted by Gasteiger charge is 2.04. The van der Waals surface area contributed by atoms with Crippen molar-refractivity contribution in [3.05, 3.63) is 49.8 Å². The van der Waals surface area contributed by atoms with Crippen LogP contribution >= 0.6 is 47.8 Å². The predicted octanol–water partition coefficient (Wildman–Crippen LogP) is 5.30. The van der Waals surface area contributed by atoms with Crippen LogP contribution in [0.1, 0.15) is 0 Å². The maximum atomic E-state index is 5.70. The predicted molar refractivity (Wildman–Crippen MR) is 83.7 cm³/mol. The zero-order valence-corrected chi connectivity index (χ0v) is 13.4. The molecule has 0 unspecified atom stereocenters. The molecule has 0 aliphatic heterocycles. The maximum Gasteiger partial charge on any atom is 0.0530 e. The second-order valence-corrected chi connectivity index (χ2v) is 6.11. The van der Waals surface area contributed by atoms with Gasteiger partial charge in [-0.05, 0) is 68.3 Å². The topological polar surface area (TPSA) is 38.0 Å². The summed E-state index contributed by atoms with van der Waals surface area (Å²) in [4.78, 5) is 0. The first-order chi connectivity index (χ1) is 8.06. The third-order valence-electron chi connectivity index (χ3n) is 2.19. The van der Waals surface area contributed by atoms with Gasteiger partial charge in [0.15, 0.2) is 0 Å². The van der Waals surface area contributed by atoms with Gasteiger partial charge in [-0.2, -0.15) is 0 Å². The second kappa shape index (κ2) is 5.42. The Kier molecular flexibility index (Phi) is 4.12. The van der Waals surface area contributed by atoms with E-state index in [1.54, 1.807) is 0 Å². The molecule has 5 heteroatoms. The summed E-state index contributed by atoms with van der Waals surface area (Å²) in [6, 6.07) is 11.6. The van der Waals surface area contributed by atoms with Gasteiger partial charge in [0.2, 0.25) is 0 Å². The number of nitrogen functional groups attached to an aromatic ring is 1. The average Bonchev–Trinajstić information content (AvgIpc) is 2.25. The standard InChI is InChI=1S/C12H9Br3N2/c13-7-1-3-11(9(14)5-7)17-12-4-2-8(16)6-10(12)15/h1-6,17H,16H2. The van der Waals surface area contributed by atoms with E-state index in [0.29, 0.717) is 0 Å². The molecule has 3 N–H and O–H groups in total. The van der Waals surface area contributed by atoms with E-state index in [2.05, 4.69) is 53.1 Å². The summed E-state index contributed by atoms with van der Waals surface area (Å²) < 4.78 is 2.97. The van der Waals surface area contributed by atoms with E-state index in [-0.39, 0.29) is 0 Å². The van der Waals surface area contributed by atoms with Crippen LogP contribution in [-0.2, 0) is 0 Å². The summed E-state index contributed by atoms with van der Waals surface area (Å²) in [5.74, 6) is 0. The Labute approximate surface area is 125 Å². The van der Waals surface area contributed by atoms with Crippen molar-refractivity contribution < 1.29 is 0 Å². The van der Waals surface area contributed by atoms with Crippen molar-refractivity contribution >= 4 is 64.9 Å². The van der Waals surface area contributed by atoms with Gasteiger partial charge in [0.1, 0.15) is 0 Å². The Balaban J connectivity index is 2.31. The number of nitrogens with one attached hydrogen (secondary N) is 1. The summed E-state index contributed by atoms with van der Waals surface area (Å²) in [7, 11) is 0. The van der Waals surface area contributed by atoms with E-state index in [1.165, 1.54) is 0 Å². The minimum absolute atomic E-state index is 0.734. The van der Waals surface area contributed by atoms with Crippen LogP contribution in [0.2, 0.25) is 0 Å². The molecule has 88 valence electrons. The van der Waals surface area contributed by atoms with Gasteiger partial charge in [-0.3, -0.25) is 0 Å². The van der Waals surface area contributed by atoms with Crippen molar-refractivity contribution in [1.29, 1.82) is 0 Å². The highest BCUT2D eigenvalue weighted by Crippen LogP contribution is 2.32. The fraction of sp³-hybridized carbons (Fsp3) is 0. The third kappa shape index (κ3) is 3.24. The van der Waals surface area contributed by atoms with Gasteiger partial charge in [0.05, 0.1) is 11.4 Å². The molecular weight excluding hydrogens is 412 g/mol. The minimum Gasteiger partial charge on any atom is -0.399 e. The largest absolute Gasteiger partial charge is 0.399 e. The van der Waals surface area contributed by atoms with E-state index < -0.39 is 0 Å². The molecular formula is C12H9Br3N2. The highest BCUT2D eigenvalue weighted by molar-refractivity contribution is 9.11. The van der Waals surface area contributed by atoms with Gasteiger partial charge in [0, 0.05) is 19.1 Å². The van der Waals surface area contributed by atoms with Crippen molar-refractivity contribution in [3.63, 3.8) is 0 Å². The molecule has 0 fully saturated rings. The smallest absolute Gasteiger partial charge is 0.0530 e. The molecule has 0 heterocycles. The van der Waals surface area contributed by atoms with E-state index in [1.807, 2.05) is 36.4 Å². The Bertz CT molecular complexity index is 506. The Morgan fingerprint density at radius 1 is 0.824 bits per heavy atom. The van der Waals surface area contributed by atoms with E-state index in [4.69, 9.17) is 5.73 Å². The van der Waals surface area contributed by atoms with Gasteiger partial charge in [-0.1, -0.05) is 15.9 Å². The Morgan fingerprint density at radius 3 is 2.00 bits per heavy atom. The molecule has 0 bridgehead atoms. The molecule has 0 amide bonds. The summed E-state index contributed by atoms with van der Waals surface area (Å²) >= 11 is 10.4. The Hall–Kier alpha value is -0.520. The lowest BCUT2D eigenvalue weighted by Crippen LogP contribution is -1.93. The fourth-order valence-electron chi connectivity index (χ4n) is 1.37. The normalized spacial score (nSPS) is 10.3. The first-order valence-corrected chi connectivity index (χ1v) is 7.21. The van der Waals surface area contributed by atoms with Gasteiger partial charge in [-0.25, -0.2) is 0 Å². The lowest BCUT2D eigenvalue weighted by molar-refractivity contribution is 1.49. The zero-order valence-electron chi connectivity index (χ0n) is 8.68. The molecule has 2 aromatic carbocycles. The SMILES string of the molecule is Nc1ccc(Nc2ccc(Br)cc2Br)c(Br)c1. The van der Waals surface area contributed by atoms with Crippen LogP contribution in [0.15, 0.2) is 49.8 Å². The number of nitrogens with two attached hydrogens (primary N) is 1. The summed E-state index contributed by atoms with van der Waals surface area (Å²) in [5, 5.41) is 3.32.